The number of rotatable bonds is 0. The van der Waals surface area contributed by atoms with E-state index in [0.29, 0.717) is 5.75 Å². The summed E-state index contributed by atoms with van der Waals surface area (Å²) in [6.07, 6.45) is 0. The normalized spacial score (nSPS) is 10.6. The van der Waals surface area contributed by atoms with Gasteiger partial charge < -0.3 is 5.11 Å². The van der Waals surface area contributed by atoms with E-state index in [9.17, 15) is 5.11 Å². The van der Waals surface area contributed by atoms with Gasteiger partial charge in [-0.05, 0) is 28.1 Å². The summed E-state index contributed by atoms with van der Waals surface area (Å²) >= 11 is 4.82. The molecular formula is C8H5BrOS. The van der Waals surface area contributed by atoms with Crippen molar-refractivity contribution in [2.45, 2.75) is 0 Å². The molecule has 2 rings (SSSR count). The smallest absolute Gasteiger partial charge is 0.148 e. The molecule has 0 saturated carbocycles. The van der Waals surface area contributed by atoms with Crippen LogP contribution in [0.5, 0.6) is 5.75 Å². The second-order valence-corrected chi connectivity index (χ2v) is 4.59. The zero-order valence-electron chi connectivity index (χ0n) is 5.54. The highest BCUT2D eigenvalue weighted by molar-refractivity contribution is 9.11. The first kappa shape index (κ1) is 7.13. The second-order valence-electron chi connectivity index (χ2n) is 2.22. The molecule has 0 unspecified atom stereocenters. The van der Waals surface area contributed by atoms with E-state index in [1.54, 1.807) is 11.3 Å². The van der Waals surface area contributed by atoms with Gasteiger partial charge in [0.15, 0.2) is 0 Å². The number of hydrogen-bond donors (Lipinski definition) is 1. The van der Waals surface area contributed by atoms with Crippen molar-refractivity contribution in [2.24, 2.45) is 0 Å². The quantitative estimate of drug-likeness (QED) is 0.734. The van der Waals surface area contributed by atoms with Crippen molar-refractivity contribution in [3.63, 3.8) is 0 Å². The molecule has 0 aliphatic rings. The summed E-state index contributed by atoms with van der Waals surface area (Å²) in [4.78, 5) is 0. The van der Waals surface area contributed by atoms with E-state index in [0.717, 1.165) is 13.9 Å². The second kappa shape index (κ2) is 2.50. The van der Waals surface area contributed by atoms with E-state index in [1.807, 2.05) is 24.3 Å². The summed E-state index contributed by atoms with van der Waals surface area (Å²) in [7, 11) is 0. The Hall–Kier alpha value is -0.540. The van der Waals surface area contributed by atoms with Gasteiger partial charge in [-0.3, -0.25) is 0 Å². The molecule has 11 heavy (non-hydrogen) atoms. The van der Waals surface area contributed by atoms with E-state index in [-0.39, 0.29) is 0 Å². The molecule has 2 aromatic rings. The zero-order chi connectivity index (χ0) is 7.84. The highest BCUT2D eigenvalue weighted by atomic mass is 79.9. The lowest BCUT2D eigenvalue weighted by molar-refractivity contribution is 0.481. The largest absolute Gasteiger partial charge is 0.505 e. The maximum atomic E-state index is 9.46. The number of aromatic hydroxyl groups is 1. The number of benzene rings is 1. The van der Waals surface area contributed by atoms with Gasteiger partial charge in [0.05, 0.1) is 0 Å². The fourth-order valence-electron chi connectivity index (χ4n) is 1.00. The zero-order valence-corrected chi connectivity index (χ0v) is 7.95. The molecule has 0 spiro atoms. The van der Waals surface area contributed by atoms with Crippen molar-refractivity contribution in [2.75, 3.05) is 0 Å². The lowest BCUT2D eigenvalue weighted by Gasteiger charge is -1.86. The van der Waals surface area contributed by atoms with E-state index in [4.69, 9.17) is 0 Å². The van der Waals surface area contributed by atoms with Crippen LogP contribution in [-0.2, 0) is 0 Å². The van der Waals surface area contributed by atoms with Gasteiger partial charge in [0, 0.05) is 10.1 Å². The molecule has 56 valence electrons. The molecule has 1 nitrogen and oxygen atoms in total. The molecule has 0 bridgehead atoms. The van der Waals surface area contributed by atoms with E-state index in [1.165, 1.54) is 0 Å². The number of halogens is 1. The summed E-state index contributed by atoms with van der Waals surface area (Å²) in [5, 5.41) is 10.4. The van der Waals surface area contributed by atoms with Crippen LogP contribution in [0.25, 0.3) is 10.1 Å². The average Bonchev–Trinajstić information content (AvgIpc) is 2.30. The van der Waals surface area contributed by atoms with Crippen LogP contribution >= 0.6 is 27.3 Å². The molecule has 3 heteroatoms. The molecule has 0 aliphatic heterocycles. The van der Waals surface area contributed by atoms with Crippen LogP contribution in [0.15, 0.2) is 28.1 Å². The van der Waals surface area contributed by atoms with Crippen molar-refractivity contribution in [3.05, 3.63) is 28.1 Å². The molecule has 0 fully saturated rings. The van der Waals surface area contributed by atoms with Gasteiger partial charge in [0.1, 0.15) is 9.54 Å². The minimum absolute atomic E-state index is 0.352. The Kier molecular flexibility index (Phi) is 1.62. The molecule has 0 aliphatic carbocycles. The maximum Gasteiger partial charge on any atom is 0.148 e. The minimum Gasteiger partial charge on any atom is -0.505 e. The highest BCUT2D eigenvalue weighted by Gasteiger charge is 2.06. The van der Waals surface area contributed by atoms with Crippen LogP contribution in [0.4, 0.5) is 0 Å². The standard InChI is InChI=1S/C8H5BrOS/c9-8-7(10)5-3-1-2-4-6(5)11-8/h1-4,10H. The average molecular weight is 229 g/mol. The van der Waals surface area contributed by atoms with Crippen LogP contribution in [0.2, 0.25) is 0 Å². The van der Waals surface area contributed by atoms with Crippen molar-refractivity contribution in [1.82, 2.24) is 0 Å². The van der Waals surface area contributed by atoms with Gasteiger partial charge in [0.2, 0.25) is 0 Å². The Balaban J connectivity index is 2.92. The van der Waals surface area contributed by atoms with E-state index in [2.05, 4.69) is 15.9 Å². The Morgan fingerprint density at radius 1 is 1.27 bits per heavy atom. The van der Waals surface area contributed by atoms with Crippen LogP contribution < -0.4 is 0 Å². The molecule has 1 aromatic carbocycles. The molecule has 1 heterocycles. The first-order valence-corrected chi connectivity index (χ1v) is 4.76. The van der Waals surface area contributed by atoms with Crippen molar-refractivity contribution in [1.29, 1.82) is 0 Å². The van der Waals surface area contributed by atoms with Gasteiger partial charge in [-0.15, -0.1) is 11.3 Å². The maximum absolute atomic E-state index is 9.46. The van der Waals surface area contributed by atoms with E-state index < -0.39 is 0 Å². The predicted octanol–water partition coefficient (Wildman–Crippen LogP) is 3.37. The summed E-state index contributed by atoms with van der Waals surface area (Å²) in [6.45, 7) is 0. The third kappa shape index (κ3) is 1.04. The first-order valence-electron chi connectivity index (χ1n) is 3.15. The Morgan fingerprint density at radius 2 is 2.00 bits per heavy atom. The van der Waals surface area contributed by atoms with Crippen LogP contribution in [0, 0.1) is 0 Å². The molecular weight excluding hydrogens is 224 g/mol. The minimum atomic E-state index is 0.352. The highest BCUT2D eigenvalue weighted by Crippen LogP contribution is 2.40. The topological polar surface area (TPSA) is 20.2 Å². The van der Waals surface area contributed by atoms with Crippen molar-refractivity contribution >= 4 is 37.4 Å². The van der Waals surface area contributed by atoms with Crippen molar-refractivity contribution in [3.8, 4) is 5.75 Å². The van der Waals surface area contributed by atoms with Gasteiger partial charge in [0.25, 0.3) is 0 Å². The van der Waals surface area contributed by atoms with Gasteiger partial charge in [-0.2, -0.15) is 0 Å². The fourth-order valence-corrected chi connectivity index (χ4v) is 2.56. The third-order valence-electron chi connectivity index (χ3n) is 1.53. The molecule has 0 amide bonds. The fraction of sp³-hybridized carbons (Fsp3) is 0. The monoisotopic (exact) mass is 228 g/mol. The molecule has 0 saturated heterocycles. The molecule has 0 radical (unpaired) electrons. The van der Waals surface area contributed by atoms with Gasteiger partial charge in [-0.1, -0.05) is 12.1 Å². The summed E-state index contributed by atoms with van der Waals surface area (Å²) < 4.78 is 1.91. The lowest BCUT2D eigenvalue weighted by atomic mass is 10.2. The summed E-state index contributed by atoms with van der Waals surface area (Å²) in [5.74, 6) is 0.352. The Morgan fingerprint density at radius 3 is 2.73 bits per heavy atom. The van der Waals surface area contributed by atoms with E-state index >= 15 is 0 Å². The Labute approximate surface area is 76.4 Å². The number of hydrogen-bond acceptors (Lipinski definition) is 2. The number of fused-ring (bicyclic) bond motifs is 1. The third-order valence-corrected chi connectivity index (χ3v) is 3.34. The van der Waals surface area contributed by atoms with Crippen LogP contribution in [0.1, 0.15) is 0 Å². The summed E-state index contributed by atoms with van der Waals surface area (Å²) in [5.41, 5.74) is 0. The predicted molar refractivity (Wildman–Crippen MR) is 51.2 cm³/mol. The molecule has 1 aromatic heterocycles. The van der Waals surface area contributed by atoms with Crippen LogP contribution in [0.3, 0.4) is 0 Å². The van der Waals surface area contributed by atoms with Crippen molar-refractivity contribution < 1.29 is 5.11 Å². The Bertz CT molecular complexity index is 394. The first-order chi connectivity index (χ1) is 5.29. The lowest BCUT2D eigenvalue weighted by Crippen LogP contribution is -1.60. The van der Waals surface area contributed by atoms with Crippen LogP contribution in [-0.4, -0.2) is 5.11 Å². The summed E-state index contributed by atoms with van der Waals surface area (Å²) in [6, 6.07) is 7.78. The number of thiophene rings is 1. The molecule has 0 atom stereocenters. The molecule has 1 N–H and O–H groups in total. The van der Waals surface area contributed by atoms with Gasteiger partial charge in [-0.25, -0.2) is 0 Å². The SMILES string of the molecule is Oc1c(Br)sc2ccccc12. The van der Waals surface area contributed by atoms with Gasteiger partial charge >= 0.3 is 0 Å².